The lowest BCUT2D eigenvalue weighted by molar-refractivity contribution is 0.180. The second-order valence-corrected chi connectivity index (χ2v) is 3.78. The molecule has 0 spiro atoms. The summed E-state index contributed by atoms with van der Waals surface area (Å²) in [7, 11) is 0. The molecule has 0 unspecified atom stereocenters. The Labute approximate surface area is 96.4 Å². The molecule has 1 rings (SSSR count). The maximum Gasteiger partial charge on any atom is 0.331 e. The summed E-state index contributed by atoms with van der Waals surface area (Å²) >= 11 is 0. The molecule has 0 aliphatic heterocycles. The van der Waals surface area contributed by atoms with Crippen molar-refractivity contribution in [1.29, 1.82) is 0 Å². The molecule has 88 valence electrons. The number of nitrogens with one attached hydrogen (secondary N) is 1. The third-order valence-corrected chi connectivity index (χ3v) is 2.41. The summed E-state index contributed by atoms with van der Waals surface area (Å²) < 4.78 is 0. The van der Waals surface area contributed by atoms with Crippen molar-refractivity contribution in [2.24, 2.45) is 5.84 Å². The van der Waals surface area contributed by atoms with Crippen molar-refractivity contribution in [3.63, 3.8) is 0 Å². The summed E-state index contributed by atoms with van der Waals surface area (Å²) in [5.41, 5.74) is 1.18. The number of urea groups is 1. The highest BCUT2D eigenvalue weighted by Gasteiger charge is 2.15. The highest BCUT2D eigenvalue weighted by Crippen LogP contribution is 2.06. The van der Waals surface area contributed by atoms with Gasteiger partial charge in [0.2, 0.25) is 0 Å². The SMILES string of the molecule is CCNC(=O)N(N)[C@H](C)Cc1ccccc1. The van der Waals surface area contributed by atoms with E-state index >= 15 is 0 Å². The van der Waals surface area contributed by atoms with Crippen LogP contribution in [-0.4, -0.2) is 23.6 Å². The van der Waals surface area contributed by atoms with E-state index in [4.69, 9.17) is 5.84 Å². The zero-order valence-electron chi connectivity index (χ0n) is 9.81. The van der Waals surface area contributed by atoms with Gasteiger partial charge in [0.25, 0.3) is 0 Å². The summed E-state index contributed by atoms with van der Waals surface area (Å²) in [5.74, 6) is 5.72. The van der Waals surface area contributed by atoms with E-state index in [1.54, 1.807) is 0 Å². The lowest BCUT2D eigenvalue weighted by atomic mass is 10.1. The predicted molar refractivity (Wildman–Crippen MR) is 64.7 cm³/mol. The quantitative estimate of drug-likeness (QED) is 0.460. The third-order valence-electron chi connectivity index (χ3n) is 2.41. The Hall–Kier alpha value is -1.55. The van der Waals surface area contributed by atoms with Crippen molar-refractivity contribution in [3.8, 4) is 0 Å². The first-order valence-corrected chi connectivity index (χ1v) is 5.50. The summed E-state index contributed by atoms with van der Waals surface area (Å²) in [6, 6.07) is 9.74. The molecule has 0 radical (unpaired) electrons. The van der Waals surface area contributed by atoms with Crippen LogP contribution >= 0.6 is 0 Å². The van der Waals surface area contributed by atoms with Crippen LogP contribution in [0.25, 0.3) is 0 Å². The fraction of sp³-hybridized carbons (Fsp3) is 0.417. The Balaban J connectivity index is 2.52. The Morgan fingerprint density at radius 1 is 1.44 bits per heavy atom. The van der Waals surface area contributed by atoms with Crippen LogP contribution in [0.1, 0.15) is 19.4 Å². The maximum atomic E-state index is 11.5. The highest BCUT2D eigenvalue weighted by molar-refractivity contribution is 5.73. The molecule has 0 saturated heterocycles. The van der Waals surface area contributed by atoms with Gasteiger partial charge in [0, 0.05) is 6.54 Å². The van der Waals surface area contributed by atoms with Gasteiger partial charge < -0.3 is 5.32 Å². The van der Waals surface area contributed by atoms with Gasteiger partial charge in [-0.3, -0.25) is 5.01 Å². The van der Waals surface area contributed by atoms with Gasteiger partial charge >= 0.3 is 6.03 Å². The Morgan fingerprint density at radius 2 is 2.06 bits per heavy atom. The second kappa shape index (κ2) is 6.12. The van der Waals surface area contributed by atoms with Gasteiger partial charge in [0.05, 0.1) is 6.04 Å². The Bertz CT molecular complexity index is 326. The molecule has 1 aromatic carbocycles. The van der Waals surface area contributed by atoms with Gasteiger partial charge in [-0.15, -0.1) is 0 Å². The summed E-state index contributed by atoms with van der Waals surface area (Å²) in [5, 5.41) is 3.92. The topological polar surface area (TPSA) is 58.4 Å². The normalized spacial score (nSPS) is 11.9. The lowest BCUT2D eigenvalue weighted by Gasteiger charge is -2.24. The van der Waals surface area contributed by atoms with Crippen LogP contribution in [0.4, 0.5) is 4.79 Å². The zero-order valence-corrected chi connectivity index (χ0v) is 9.81. The molecule has 4 heteroatoms. The highest BCUT2D eigenvalue weighted by atomic mass is 16.2. The number of nitrogens with zero attached hydrogens (tertiary/aromatic N) is 1. The fourth-order valence-electron chi connectivity index (χ4n) is 1.50. The summed E-state index contributed by atoms with van der Waals surface area (Å²) in [6.07, 6.45) is 0.758. The molecule has 0 saturated carbocycles. The number of hydrazine groups is 1. The molecular weight excluding hydrogens is 202 g/mol. The Kier molecular flexibility index (Phi) is 4.79. The minimum absolute atomic E-state index is 0.0195. The molecule has 2 amide bonds. The average molecular weight is 221 g/mol. The molecule has 4 nitrogen and oxygen atoms in total. The van der Waals surface area contributed by atoms with Crippen molar-refractivity contribution in [3.05, 3.63) is 35.9 Å². The standard InChI is InChI=1S/C12H19N3O/c1-3-14-12(16)15(13)10(2)9-11-7-5-4-6-8-11/h4-8,10H,3,9,13H2,1-2H3,(H,14,16)/t10-/m1/s1. The average Bonchev–Trinajstić information content (AvgIpc) is 2.29. The van der Waals surface area contributed by atoms with Crippen molar-refractivity contribution in [2.75, 3.05) is 6.54 Å². The number of nitrogens with two attached hydrogens (primary N) is 1. The number of carbonyl (C=O) groups is 1. The first-order chi connectivity index (χ1) is 7.65. The molecule has 0 fully saturated rings. The lowest BCUT2D eigenvalue weighted by Crippen LogP contribution is -2.50. The van der Waals surface area contributed by atoms with Crippen molar-refractivity contribution >= 4 is 6.03 Å². The van der Waals surface area contributed by atoms with Gasteiger partial charge in [-0.2, -0.15) is 0 Å². The largest absolute Gasteiger partial charge is 0.337 e. The first kappa shape index (κ1) is 12.5. The number of carbonyl (C=O) groups excluding carboxylic acids is 1. The monoisotopic (exact) mass is 221 g/mol. The van der Waals surface area contributed by atoms with Gasteiger partial charge in [-0.1, -0.05) is 30.3 Å². The number of hydrogen-bond acceptors (Lipinski definition) is 2. The van der Waals surface area contributed by atoms with Gasteiger partial charge in [-0.25, -0.2) is 10.6 Å². The molecule has 1 aromatic rings. The number of amides is 2. The van der Waals surface area contributed by atoms with Crippen molar-refractivity contribution in [1.82, 2.24) is 10.3 Å². The van der Waals surface area contributed by atoms with E-state index in [0.29, 0.717) is 6.54 Å². The van der Waals surface area contributed by atoms with E-state index in [1.165, 1.54) is 10.6 Å². The number of hydrogen-bond donors (Lipinski definition) is 2. The van der Waals surface area contributed by atoms with E-state index in [9.17, 15) is 4.79 Å². The van der Waals surface area contributed by atoms with E-state index in [1.807, 2.05) is 44.2 Å². The Morgan fingerprint density at radius 3 is 2.62 bits per heavy atom. The first-order valence-electron chi connectivity index (χ1n) is 5.50. The predicted octanol–water partition coefficient (Wildman–Crippen LogP) is 1.52. The summed E-state index contributed by atoms with van der Waals surface area (Å²) in [4.78, 5) is 11.5. The van der Waals surface area contributed by atoms with Gasteiger partial charge in [-0.05, 0) is 25.8 Å². The number of rotatable bonds is 4. The number of benzene rings is 1. The zero-order chi connectivity index (χ0) is 12.0. The van der Waals surface area contributed by atoms with Gasteiger partial charge in [0.15, 0.2) is 0 Å². The van der Waals surface area contributed by atoms with Gasteiger partial charge in [0.1, 0.15) is 0 Å². The van der Waals surface area contributed by atoms with Crippen LogP contribution < -0.4 is 11.2 Å². The molecule has 3 N–H and O–H groups in total. The van der Waals surface area contributed by atoms with Crippen LogP contribution in [0.15, 0.2) is 30.3 Å². The van der Waals surface area contributed by atoms with Crippen LogP contribution in [0.5, 0.6) is 0 Å². The molecule has 0 aliphatic rings. The van der Waals surface area contributed by atoms with E-state index in [0.717, 1.165) is 6.42 Å². The van der Waals surface area contributed by atoms with Crippen LogP contribution in [0.2, 0.25) is 0 Å². The van der Waals surface area contributed by atoms with Crippen molar-refractivity contribution < 1.29 is 4.79 Å². The van der Waals surface area contributed by atoms with Crippen molar-refractivity contribution in [2.45, 2.75) is 26.3 Å². The van der Waals surface area contributed by atoms with E-state index < -0.39 is 0 Å². The third kappa shape index (κ3) is 3.55. The molecule has 0 aliphatic carbocycles. The molecule has 16 heavy (non-hydrogen) atoms. The maximum absolute atomic E-state index is 11.5. The molecule has 0 aromatic heterocycles. The van der Waals surface area contributed by atoms with Crippen LogP contribution in [-0.2, 0) is 6.42 Å². The minimum Gasteiger partial charge on any atom is -0.337 e. The molecule has 0 bridgehead atoms. The van der Waals surface area contributed by atoms with Crippen LogP contribution in [0, 0.1) is 0 Å². The summed E-state index contributed by atoms with van der Waals surface area (Å²) in [6.45, 7) is 4.39. The van der Waals surface area contributed by atoms with Crippen LogP contribution in [0.3, 0.4) is 0 Å². The molecule has 1 atom stereocenters. The molecular formula is C12H19N3O. The smallest absolute Gasteiger partial charge is 0.331 e. The van der Waals surface area contributed by atoms with E-state index in [-0.39, 0.29) is 12.1 Å². The minimum atomic E-state index is -0.231. The fourth-order valence-corrected chi connectivity index (χ4v) is 1.50. The van der Waals surface area contributed by atoms with E-state index in [2.05, 4.69) is 5.32 Å². The molecule has 0 heterocycles. The second-order valence-electron chi connectivity index (χ2n) is 3.78.